The van der Waals surface area contributed by atoms with Crippen LogP contribution in [0.4, 0.5) is 0 Å². The first-order chi connectivity index (χ1) is 14.0. The van der Waals surface area contributed by atoms with Crippen LogP contribution >= 0.6 is 11.6 Å². The fourth-order valence-electron chi connectivity index (χ4n) is 3.28. The molecular weight excluding hydrogens is 386 g/mol. The minimum absolute atomic E-state index is 0.199. The molecule has 0 spiro atoms. The van der Waals surface area contributed by atoms with E-state index in [4.69, 9.17) is 22.1 Å². The molecule has 0 radical (unpaired) electrons. The van der Waals surface area contributed by atoms with Gasteiger partial charge in [0.05, 0.1) is 12.7 Å². The van der Waals surface area contributed by atoms with Crippen LogP contribution in [0.5, 0.6) is 0 Å². The number of rotatable bonds is 6. The molecule has 29 heavy (non-hydrogen) atoms. The van der Waals surface area contributed by atoms with Crippen LogP contribution < -0.4 is 11.1 Å². The second kappa shape index (κ2) is 14.0. The van der Waals surface area contributed by atoms with E-state index in [0.717, 1.165) is 43.7 Å². The zero-order chi connectivity index (χ0) is 21.6. The van der Waals surface area contributed by atoms with Gasteiger partial charge in [-0.05, 0) is 56.7 Å². The first-order valence-corrected chi connectivity index (χ1v) is 10.3. The van der Waals surface area contributed by atoms with Crippen molar-refractivity contribution < 1.29 is 9.53 Å². The Bertz CT molecular complexity index is 719. The van der Waals surface area contributed by atoms with Gasteiger partial charge >= 0.3 is 5.97 Å². The summed E-state index contributed by atoms with van der Waals surface area (Å²) in [6.45, 7) is 9.67. The van der Waals surface area contributed by atoms with Crippen LogP contribution in [0.3, 0.4) is 0 Å². The Balaban J connectivity index is 0.000000960. The maximum Gasteiger partial charge on any atom is 0.338 e. The van der Waals surface area contributed by atoms with Gasteiger partial charge in [-0.3, -0.25) is 4.90 Å². The zero-order valence-electron chi connectivity index (χ0n) is 18.0. The lowest BCUT2D eigenvalue weighted by Gasteiger charge is -2.36. The van der Waals surface area contributed by atoms with Crippen molar-refractivity contribution in [1.82, 2.24) is 10.2 Å². The molecule has 1 atom stereocenters. The Morgan fingerprint density at radius 2 is 1.93 bits per heavy atom. The number of piperazine rings is 1. The highest BCUT2D eigenvalue weighted by Gasteiger charge is 2.26. The van der Waals surface area contributed by atoms with E-state index < -0.39 is 0 Å². The maximum absolute atomic E-state index is 12.2. The Kier molecular flexibility index (Phi) is 12.0. The van der Waals surface area contributed by atoms with E-state index in [1.807, 2.05) is 39.0 Å². The van der Waals surface area contributed by atoms with Crippen molar-refractivity contribution in [3.05, 3.63) is 64.9 Å². The lowest BCUT2D eigenvalue weighted by atomic mass is 9.91. The number of hydrogen-bond acceptors (Lipinski definition) is 5. The van der Waals surface area contributed by atoms with Gasteiger partial charge < -0.3 is 15.8 Å². The molecule has 0 aromatic heterocycles. The third-order valence-corrected chi connectivity index (χ3v) is 4.97. The predicted molar refractivity (Wildman–Crippen MR) is 123 cm³/mol. The summed E-state index contributed by atoms with van der Waals surface area (Å²) >= 11 is 6.24. The fourth-order valence-corrected chi connectivity index (χ4v) is 3.45. The molecule has 3 N–H and O–H groups in total. The molecule has 5 nitrogen and oxygen atoms in total. The minimum Gasteiger partial charge on any atom is -0.465 e. The Morgan fingerprint density at radius 1 is 1.28 bits per heavy atom. The molecule has 1 fully saturated rings. The molecule has 0 saturated carbocycles. The van der Waals surface area contributed by atoms with E-state index in [1.54, 1.807) is 12.2 Å². The number of allylic oxidation sites excluding steroid dienone is 3. The van der Waals surface area contributed by atoms with Gasteiger partial charge in [0.25, 0.3) is 0 Å². The molecule has 1 heterocycles. The van der Waals surface area contributed by atoms with Crippen molar-refractivity contribution in [3.63, 3.8) is 0 Å². The number of esters is 1. The summed E-state index contributed by atoms with van der Waals surface area (Å²) in [6.07, 6.45) is 10.2. The molecule has 1 aromatic carbocycles. The number of nitrogens with one attached hydrogen (secondary N) is 1. The van der Waals surface area contributed by atoms with Crippen molar-refractivity contribution >= 4 is 23.1 Å². The average molecular weight is 420 g/mol. The van der Waals surface area contributed by atoms with Gasteiger partial charge in [0.15, 0.2) is 0 Å². The van der Waals surface area contributed by atoms with Crippen LogP contribution in [-0.4, -0.2) is 44.2 Å². The highest BCUT2D eigenvalue weighted by molar-refractivity contribution is 6.31. The highest BCUT2D eigenvalue weighted by Crippen LogP contribution is 2.34. The molecule has 1 aromatic rings. The van der Waals surface area contributed by atoms with Gasteiger partial charge in [0.1, 0.15) is 0 Å². The fraction of sp³-hybridized carbons (Fsp3) is 0.435. The monoisotopic (exact) mass is 419 g/mol. The maximum atomic E-state index is 12.2. The molecule has 6 heteroatoms. The Labute approximate surface area is 180 Å². The number of nitrogens with zero attached hydrogens (tertiary/aromatic N) is 1. The molecule has 160 valence electrons. The summed E-state index contributed by atoms with van der Waals surface area (Å²) in [6, 6.07) is 6.01. The summed E-state index contributed by atoms with van der Waals surface area (Å²) in [5.74, 6) is -0.337. The van der Waals surface area contributed by atoms with E-state index in [0.29, 0.717) is 10.6 Å². The van der Waals surface area contributed by atoms with E-state index in [9.17, 15) is 4.79 Å². The second-order valence-electron chi connectivity index (χ2n) is 6.56. The molecule has 0 aliphatic carbocycles. The molecule has 2 rings (SSSR count). The van der Waals surface area contributed by atoms with Gasteiger partial charge in [-0.2, -0.15) is 0 Å². The van der Waals surface area contributed by atoms with Gasteiger partial charge in [-0.15, -0.1) is 0 Å². The van der Waals surface area contributed by atoms with Crippen molar-refractivity contribution in [2.24, 2.45) is 5.73 Å². The Morgan fingerprint density at radius 3 is 2.45 bits per heavy atom. The SMILES string of the molecule is C/C=C\CC(c1ccc(Cl)cc1/C(=C\C)C(=O)OC)N1CCNCC1.C/C=C\N. The highest BCUT2D eigenvalue weighted by atomic mass is 35.5. The number of methoxy groups -OCH3 is 1. The molecule has 0 amide bonds. The quantitative estimate of drug-likeness (QED) is 0.408. The van der Waals surface area contributed by atoms with Gasteiger partial charge in [0.2, 0.25) is 0 Å². The third kappa shape index (κ3) is 7.69. The van der Waals surface area contributed by atoms with E-state index >= 15 is 0 Å². The first-order valence-electron chi connectivity index (χ1n) is 9.97. The number of ether oxygens (including phenoxy) is 1. The number of carbonyl (C=O) groups excluding carboxylic acids is 1. The number of halogens is 1. The topological polar surface area (TPSA) is 67.6 Å². The molecule has 1 saturated heterocycles. The second-order valence-corrected chi connectivity index (χ2v) is 6.99. The van der Waals surface area contributed by atoms with Crippen LogP contribution in [0.2, 0.25) is 5.02 Å². The lowest BCUT2D eigenvalue weighted by molar-refractivity contribution is -0.133. The van der Waals surface area contributed by atoms with E-state index in [-0.39, 0.29) is 12.0 Å². The van der Waals surface area contributed by atoms with Crippen molar-refractivity contribution in [3.8, 4) is 0 Å². The minimum atomic E-state index is -0.337. The predicted octanol–water partition coefficient (Wildman–Crippen LogP) is 4.31. The Hall–Kier alpha value is -2.08. The van der Waals surface area contributed by atoms with Crippen LogP contribution in [0, 0.1) is 0 Å². The van der Waals surface area contributed by atoms with Crippen LogP contribution in [-0.2, 0) is 9.53 Å². The summed E-state index contributed by atoms with van der Waals surface area (Å²) in [5, 5.41) is 4.01. The smallest absolute Gasteiger partial charge is 0.338 e. The van der Waals surface area contributed by atoms with Crippen LogP contribution in [0.1, 0.15) is 44.4 Å². The van der Waals surface area contributed by atoms with E-state index in [1.165, 1.54) is 13.3 Å². The summed E-state index contributed by atoms with van der Waals surface area (Å²) in [5.41, 5.74) is 7.37. The first kappa shape index (κ1) is 25.0. The van der Waals surface area contributed by atoms with Crippen LogP contribution in [0.15, 0.2) is 48.7 Å². The summed E-state index contributed by atoms with van der Waals surface area (Å²) in [7, 11) is 1.41. The normalized spacial score (nSPS) is 16.5. The summed E-state index contributed by atoms with van der Waals surface area (Å²) < 4.78 is 4.97. The molecule has 1 aliphatic rings. The largest absolute Gasteiger partial charge is 0.465 e. The van der Waals surface area contributed by atoms with Crippen molar-refractivity contribution in [1.29, 1.82) is 0 Å². The van der Waals surface area contributed by atoms with Gasteiger partial charge in [-0.1, -0.05) is 42.0 Å². The molecule has 0 bridgehead atoms. The lowest BCUT2D eigenvalue weighted by Crippen LogP contribution is -2.45. The number of benzene rings is 1. The molecular formula is C23H34ClN3O2. The van der Waals surface area contributed by atoms with E-state index in [2.05, 4.69) is 22.4 Å². The standard InChI is InChI=1S/C20H27ClN2O2.C3H7N/c1-4-6-7-19(23-12-10-22-11-13-23)17-9-8-15(21)14-18(17)16(5-2)20(24)25-3;1-2-3-4/h4-6,8-9,14,19,22H,7,10-13H2,1-3H3;2-3H,4H2,1H3/b6-4-,16-5+;3-2-. The van der Waals surface area contributed by atoms with Crippen molar-refractivity contribution in [2.45, 2.75) is 33.2 Å². The number of nitrogens with two attached hydrogens (primary N) is 1. The number of carbonyl (C=O) groups is 1. The van der Waals surface area contributed by atoms with Gasteiger partial charge in [-0.25, -0.2) is 4.79 Å². The zero-order valence-corrected chi connectivity index (χ0v) is 18.7. The van der Waals surface area contributed by atoms with Crippen molar-refractivity contribution in [2.75, 3.05) is 33.3 Å². The summed E-state index contributed by atoms with van der Waals surface area (Å²) in [4.78, 5) is 14.7. The van der Waals surface area contributed by atoms with Crippen LogP contribution in [0.25, 0.3) is 5.57 Å². The van der Waals surface area contributed by atoms with Gasteiger partial charge in [0, 0.05) is 37.2 Å². The number of hydrogen-bond donors (Lipinski definition) is 2. The average Bonchev–Trinajstić information content (AvgIpc) is 2.76. The third-order valence-electron chi connectivity index (χ3n) is 4.74. The molecule has 1 unspecified atom stereocenters. The molecule has 1 aliphatic heterocycles.